The quantitative estimate of drug-likeness (QED) is 0.357. The van der Waals surface area contributed by atoms with E-state index in [0.29, 0.717) is 46.2 Å². The van der Waals surface area contributed by atoms with Crippen LogP contribution in [0.4, 0.5) is 0 Å². The van der Waals surface area contributed by atoms with E-state index in [-0.39, 0.29) is 28.5 Å². The first kappa shape index (κ1) is 23.2. The molecule has 1 amide bonds. The van der Waals surface area contributed by atoms with Crippen molar-refractivity contribution in [2.75, 3.05) is 7.05 Å². The highest BCUT2D eigenvalue weighted by molar-refractivity contribution is 6.37. The Labute approximate surface area is 206 Å². The summed E-state index contributed by atoms with van der Waals surface area (Å²) in [6.45, 7) is 4.77. The normalized spacial score (nSPS) is 39.6. The fraction of sp³-hybridized carbons (Fsp3) is 0.630. The Morgan fingerprint density at radius 3 is 2.55 bits per heavy atom. The Balaban J connectivity index is 1.32. The standard InChI is InChI=1S/C27H33Cl2NO3/c1-26-13-11-19-17(8-10-22-27(19,2)14-12-23(31)30(22)3)18(26)9-7-16(26)15-24(32)33-25-20(28)5-4-6-21(25)29/h4-6,12,14,16-19,22H,7-11,13,15H2,1-3H3/t16-,17+,18+,19+,22?,26-,27-/m1/s1. The number of nitrogens with zero attached hydrogens (tertiary/aromatic N) is 1. The predicted octanol–water partition coefficient (Wildman–Crippen LogP) is 6.54. The first-order valence-electron chi connectivity index (χ1n) is 12.3. The second kappa shape index (κ2) is 8.30. The van der Waals surface area contributed by atoms with E-state index >= 15 is 0 Å². The molecule has 4 aliphatic rings. The van der Waals surface area contributed by atoms with Crippen LogP contribution >= 0.6 is 23.2 Å². The molecular formula is C27H33Cl2NO3. The molecule has 1 aromatic rings. The molecule has 3 saturated carbocycles. The van der Waals surface area contributed by atoms with E-state index in [1.165, 1.54) is 12.8 Å². The van der Waals surface area contributed by atoms with Crippen LogP contribution in [-0.2, 0) is 9.59 Å². The number of amides is 1. The molecular weight excluding hydrogens is 457 g/mol. The molecule has 0 saturated heterocycles. The van der Waals surface area contributed by atoms with Crippen molar-refractivity contribution >= 4 is 35.1 Å². The van der Waals surface area contributed by atoms with Crippen LogP contribution in [0.2, 0.25) is 10.0 Å². The number of fused-ring (bicyclic) bond motifs is 5. The number of halogens is 2. The van der Waals surface area contributed by atoms with Gasteiger partial charge in [-0.3, -0.25) is 9.59 Å². The number of hydrogen-bond donors (Lipinski definition) is 0. The van der Waals surface area contributed by atoms with Crippen LogP contribution in [0.5, 0.6) is 5.75 Å². The van der Waals surface area contributed by atoms with E-state index in [4.69, 9.17) is 27.9 Å². The highest BCUT2D eigenvalue weighted by Crippen LogP contribution is 2.66. The molecule has 6 heteroatoms. The summed E-state index contributed by atoms with van der Waals surface area (Å²) < 4.78 is 5.63. The number of para-hydroxylation sites is 1. The number of benzene rings is 1. The molecule has 1 aliphatic heterocycles. The maximum atomic E-state index is 12.9. The zero-order valence-corrected chi connectivity index (χ0v) is 21.2. The molecule has 1 heterocycles. The Morgan fingerprint density at radius 2 is 1.82 bits per heavy atom. The third kappa shape index (κ3) is 3.63. The lowest BCUT2D eigenvalue weighted by atomic mass is 9.47. The van der Waals surface area contributed by atoms with Gasteiger partial charge in [-0.1, -0.05) is 49.2 Å². The van der Waals surface area contributed by atoms with Crippen molar-refractivity contribution in [1.82, 2.24) is 4.90 Å². The molecule has 1 aromatic carbocycles. The van der Waals surface area contributed by atoms with E-state index in [2.05, 4.69) is 19.9 Å². The van der Waals surface area contributed by atoms with Crippen LogP contribution in [0.15, 0.2) is 30.4 Å². The van der Waals surface area contributed by atoms with Crippen molar-refractivity contribution in [3.8, 4) is 5.75 Å². The predicted molar refractivity (Wildman–Crippen MR) is 130 cm³/mol. The van der Waals surface area contributed by atoms with Crippen LogP contribution in [0.1, 0.15) is 58.8 Å². The summed E-state index contributed by atoms with van der Waals surface area (Å²) in [6, 6.07) is 5.42. The lowest BCUT2D eigenvalue weighted by Gasteiger charge is -2.60. The molecule has 5 rings (SSSR count). The average molecular weight is 490 g/mol. The van der Waals surface area contributed by atoms with Crippen LogP contribution in [-0.4, -0.2) is 29.9 Å². The van der Waals surface area contributed by atoms with Crippen molar-refractivity contribution < 1.29 is 14.3 Å². The summed E-state index contributed by atoms with van der Waals surface area (Å²) in [6.07, 6.45) is 11.2. The van der Waals surface area contributed by atoms with Gasteiger partial charge in [0.2, 0.25) is 5.91 Å². The third-order valence-corrected chi connectivity index (χ3v) is 10.5. The summed E-state index contributed by atoms with van der Waals surface area (Å²) >= 11 is 12.4. The second-order valence-corrected chi connectivity index (χ2v) is 12.0. The first-order valence-corrected chi connectivity index (χ1v) is 13.0. The van der Waals surface area contributed by atoms with E-state index in [1.54, 1.807) is 24.3 Å². The average Bonchev–Trinajstić information content (AvgIpc) is 3.10. The Bertz CT molecular complexity index is 989. The molecule has 3 fully saturated rings. The van der Waals surface area contributed by atoms with Gasteiger partial charge in [0, 0.05) is 24.9 Å². The molecule has 0 N–H and O–H groups in total. The van der Waals surface area contributed by atoms with Crippen LogP contribution < -0.4 is 4.74 Å². The van der Waals surface area contributed by atoms with E-state index in [0.717, 1.165) is 25.7 Å². The second-order valence-electron chi connectivity index (χ2n) is 11.2. The number of rotatable bonds is 3. The van der Waals surface area contributed by atoms with Gasteiger partial charge in [-0.25, -0.2) is 0 Å². The molecule has 0 aromatic heterocycles. The number of esters is 1. The zero-order chi connectivity index (χ0) is 23.5. The van der Waals surface area contributed by atoms with Gasteiger partial charge in [-0.2, -0.15) is 0 Å². The first-order chi connectivity index (χ1) is 15.6. The Morgan fingerprint density at radius 1 is 1.09 bits per heavy atom. The number of ether oxygens (including phenoxy) is 1. The number of carbonyl (C=O) groups is 2. The molecule has 33 heavy (non-hydrogen) atoms. The van der Waals surface area contributed by atoms with Crippen molar-refractivity contribution in [3.63, 3.8) is 0 Å². The van der Waals surface area contributed by atoms with Gasteiger partial charge < -0.3 is 9.64 Å². The minimum Gasteiger partial charge on any atom is -0.423 e. The third-order valence-electron chi connectivity index (χ3n) is 9.87. The minimum atomic E-state index is -0.245. The SMILES string of the molecule is CN1C(=O)C=C[C@@]2(C)C1CC[C@H]1[C@@H]3CC[C@H](CC(=O)Oc4c(Cl)cccc4Cl)[C@@]3(C)CC[C@@H]12. The minimum absolute atomic E-state index is 0.0464. The van der Waals surface area contributed by atoms with Crippen LogP contribution in [0, 0.1) is 34.5 Å². The molecule has 1 unspecified atom stereocenters. The van der Waals surface area contributed by atoms with Gasteiger partial charge >= 0.3 is 5.97 Å². The summed E-state index contributed by atoms with van der Waals surface area (Å²) in [5.41, 5.74) is 0.193. The monoisotopic (exact) mass is 489 g/mol. The molecule has 0 bridgehead atoms. The van der Waals surface area contributed by atoms with Gasteiger partial charge in [0.15, 0.2) is 5.75 Å². The topological polar surface area (TPSA) is 46.6 Å². The number of hydrogen-bond acceptors (Lipinski definition) is 3. The lowest BCUT2D eigenvalue weighted by Crippen LogP contribution is -2.59. The molecule has 0 radical (unpaired) electrons. The van der Waals surface area contributed by atoms with Crippen LogP contribution in [0.25, 0.3) is 0 Å². The molecule has 3 aliphatic carbocycles. The van der Waals surface area contributed by atoms with Gasteiger partial charge in [0.25, 0.3) is 0 Å². The highest BCUT2D eigenvalue weighted by Gasteiger charge is 2.60. The van der Waals surface area contributed by atoms with E-state index in [9.17, 15) is 9.59 Å². The fourth-order valence-electron chi connectivity index (χ4n) is 8.12. The van der Waals surface area contributed by atoms with Crippen molar-refractivity contribution in [2.45, 2.75) is 64.8 Å². The maximum Gasteiger partial charge on any atom is 0.311 e. The van der Waals surface area contributed by atoms with Crippen molar-refractivity contribution in [3.05, 3.63) is 40.4 Å². The van der Waals surface area contributed by atoms with E-state index < -0.39 is 0 Å². The number of carbonyl (C=O) groups excluding carboxylic acids is 2. The fourth-order valence-corrected chi connectivity index (χ4v) is 8.59. The summed E-state index contributed by atoms with van der Waals surface area (Å²) in [5, 5.41) is 0.724. The summed E-state index contributed by atoms with van der Waals surface area (Å²) in [7, 11) is 1.96. The summed E-state index contributed by atoms with van der Waals surface area (Å²) in [4.78, 5) is 27.1. The van der Waals surface area contributed by atoms with Gasteiger partial charge in [0.05, 0.1) is 10.0 Å². The zero-order valence-electron chi connectivity index (χ0n) is 19.7. The smallest absolute Gasteiger partial charge is 0.311 e. The Kier molecular flexibility index (Phi) is 5.85. The molecule has 4 nitrogen and oxygen atoms in total. The molecule has 178 valence electrons. The largest absolute Gasteiger partial charge is 0.423 e. The van der Waals surface area contributed by atoms with Crippen molar-refractivity contribution in [2.24, 2.45) is 34.5 Å². The lowest BCUT2D eigenvalue weighted by molar-refractivity contribution is -0.140. The molecule has 0 spiro atoms. The summed E-state index contributed by atoms with van der Waals surface area (Å²) in [5.74, 6) is 2.33. The molecule has 7 atom stereocenters. The number of likely N-dealkylation sites (N-methyl/N-ethyl adjacent to an activating group) is 1. The van der Waals surface area contributed by atoms with E-state index in [1.807, 2.05) is 11.9 Å². The van der Waals surface area contributed by atoms with Crippen LogP contribution in [0.3, 0.4) is 0 Å². The highest BCUT2D eigenvalue weighted by atomic mass is 35.5. The van der Waals surface area contributed by atoms with Crippen molar-refractivity contribution in [1.29, 1.82) is 0 Å². The Hall–Kier alpha value is -1.52. The maximum absolute atomic E-state index is 12.9. The van der Waals surface area contributed by atoms with Gasteiger partial charge in [-0.05, 0) is 85.8 Å². The van der Waals surface area contributed by atoms with Gasteiger partial charge in [-0.15, -0.1) is 0 Å². The van der Waals surface area contributed by atoms with Gasteiger partial charge in [0.1, 0.15) is 0 Å².